The number of aliphatic hydroxyl groups is 13. The Balaban J connectivity index is 0.975. The molecule has 9 fully saturated rings. The first-order chi connectivity index (χ1) is 33.5. The zero-order valence-electron chi connectivity index (χ0n) is 43.0. The summed E-state index contributed by atoms with van der Waals surface area (Å²) in [5.74, 6) is -0.419. The van der Waals surface area contributed by atoms with E-state index in [1.165, 1.54) is 0 Å². The van der Waals surface area contributed by atoms with Crippen molar-refractivity contribution in [2.24, 2.45) is 56.7 Å². The van der Waals surface area contributed by atoms with E-state index in [1.54, 1.807) is 0 Å². The van der Waals surface area contributed by atoms with Gasteiger partial charge in [0.2, 0.25) is 0 Å². The van der Waals surface area contributed by atoms with Crippen molar-refractivity contribution in [2.75, 3.05) is 26.4 Å². The molecule has 0 aromatic heterocycles. The Labute approximate surface area is 421 Å². The third kappa shape index (κ3) is 8.79. The average molecular weight is 1040 g/mol. The van der Waals surface area contributed by atoms with Gasteiger partial charge in [0.25, 0.3) is 0 Å². The molecule has 4 aliphatic heterocycles. The van der Waals surface area contributed by atoms with Gasteiger partial charge in [-0.1, -0.05) is 41.5 Å². The molecule has 4 heterocycles. The van der Waals surface area contributed by atoms with Crippen molar-refractivity contribution in [1.82, 2.24) is 0 Å². The minimum absolute atomic E-state index is 0.0817. The number of rotatable bonds is 10. The normalized spacial score (nSPS) is 56.9. The van der Waals surface area contributed by atoms with Crippen LogP contribution in [0, 0.1) is 56.7 Å². The average Bonchev–Trinajstić information content (AvgIpc) is 3.78. The number of aliphatic hydroxyl groups excluding tert-OH is 12. The van der Waals surface area contributed by atoms with Crippen molar-refractivity contribution in [3.05, 3.63) is 0 Å². The first-order valence-corrected chi connectivity index (χ1v) is 26.5. The molecule has 21 nitrogen and oxygen atoms in total. The van der Waals surface area contributed by atoms with E-state index in [2.05, 4.69) is 41.5 Å². The lowest BCUT2D eigenvalue weighted by atomic mass is 9.29. The molecular weight excluding hydrogens is 949 g/mol. The highest BCUT2D eigenvalue weighted by Crippen LogP contribution is 2.79. The maximum Gasteiger partial charge on any atom is 0.187 e. The van der Waals surface area contributed by atoms with E-state index in [1.807, 2.05) is 13.8 Å². The van der Waals surface area contributed by atoms with Crippen LogP contribution in [0.1, 0.15) is 107 Å². The lowest BCUT2D eigenvalue weighted by Gasteiger charge is -2.76. The molecule has 72 heavy (non-hydrogen) atoms. The van der Waals surface area contributed by atoms with E-state index in [0.29, 0.717) is 25.7 Å². The maximum atomic E-state index is 12.9. The summed E-state index contributed by atoms with van der Waals surface area (Å²) >= 11 is 0. The largest absolute Gasteiger partial charge is 0.394 e. The first-order valence-electron chi connectivity index (χ1n) is 26.5. The van der Waals surface area contributed by atoms with Gasteiger partial charge in [-0.25, -0.2) is 0 Å². The second-order valence-corrected chi connectivity index (χ2v) is 25.6. The van der Waals surface area contributed by atoms with Gasteiger partial charge in [0.1, 0.15) is 79.4 Å². The molecule has 9 aliphatic rings. The quantitative estimate of drug-likeness (QED) is 0.109. The zero-order valence-corrected chi connectivity index (χ0v) is 43.0. The number of ether oxygens (including phenoxy) is 8. The van der Waals surface area contributed by atoms with E-state index in [-0.39, 0.29) is 54.8 Å². The molecule has 0 bridgehead atoms. The van der Waals surface area contributed by atoms with Crippen LogP contribution in [0.25, 0.3) is 0 Å². The fourth-order valence-electron chi connectivity index (χ4n) is 17.3. The molecule has 0 aromatic carbocycles. The summed E-state index contributed by atoms with van der Waals surface area (Å²) in [7, 11) is 0. The van der Waals surface area contributed by atoms with Gasteiger partial charge in [0.05, 0.1) is 50.3 Å². The van der Waals surface area contributed by atoms with E-state index >= 15 is 0 Å². The van der Waals surface area contributed by atoms with Gasteiger partial charge in [-0.3, -0.25) is 0 Å². The van der Waals surface area contributed by atoms with Crippen LogP contribution in [0.5, 0.6) is 0 Å². The molecule has 5 aliphatic carbocycles. The Bertz CT molecular complexity index is 1890. The molecule has 416 valence electrons. The fraction of sp³-hybridized carbons (Fsp3) is 1.00. The molecular formula is C51H86O21. The van der Waals surface area contributed by atoms with Crippen molar-refractivity contribution in [3.8, 4) is 0 Å². The zero-order chi connectivity index (χ0) is 52.6. The van der Waals surface area contributed by atoms with Crippen molar-refractivity contribution in [2.45, 2.75) is 235 Å². The number of hydrogen-bond acceptors (Lipinski definition) is 21. The molecule has 5 saturated carbocycles. The first kappa shape index (κ1) is 55.9. The monoisotopic (exact) mass is 1030 g/mol. The van der Waals surface area contributed by atoms with Gasteiger partial charge >= 0.3 is 0 Å². The van der Waals surface area contributed by atoms with Crippen LogP contribution in [-0.2, 0) is 37.9 Å². The Morgan fingerprint density at radius 2 is 1.14 bits per heavy atom. The predicted octanol–water partition coefficient (Wildman–Crippen LogP) is -1.62. The molecule has 0 unspecified atom stereocenters. The minimum Gasteiger partial charge on any atom is -0.394 e. The molecule has 21 heteroatoms. The second-order valence-electron chi connectivity index (χ2n) is 25.6. The summed E-state index contributed by atoms with van der Waals surface area (Å²) in [4.78, 5) is 0. The third-order valence-electron chi connectivity index (χ3n) is 21.2. The van der Waals surface area contributed by atoms with Crippen LogP contribution in [-0.4, -0.2) is 221 Å². The Kier molecular flexibility index (Phi) is 15.4. The molecule has 0 spiro atoms. The van der Waals surface area contributed by atoms with E-state index in [4.69, 9.17) is 37.9 Å². The topological polar surface area (TPSA) is 337 Å². The van der Waals surface area contributed by atoms with E-state index in [9.17, 15) is 66.4 Å². The number of fused-ring (bicyclic) bond motifs is 7. The highest BCUT2D eigenvalue weighted by Gasteiger charge is 2.76. The molecule has 0 aromatic rings. The van der Waals surface area contributed by atoms with Crippen molar-refractivity contribution in [1.29, 1.82) is 0 Å². The van der Waals surface area contributed by atoms with Gasteiger partial charge in [-0.05, 0) is 122 Å². The highest BCUT2D eigenvalue weighted by molar-refractivity contribution is 5.24. The van der Waals surface area contributed by atoms with Crippen LogP contribution < -0.4 is 0 Å². The fourth-order valence-corrected chi connectivity index (χ4v) is 17.3. The van der Waals surface area contributed by atoms with E-state index in [0.717, 1.165) is 25.7 Å². The minimum atomic E-state index is -1.78. The van der Waals surface area contributed by atoms with Gasteiger partial charge < -0.3 is 104 Å². The maximum absolute atomic E-state index is 12.9. The van der Waals surface area contributed by atoms with Crippen LogP contribution in [0.4, 0.5) is 0 Å². The molecule has 0 radical (unpaired) electrons. The van der Waals surface area contributed by atoms with Gasteiger partial charge in [-0.2, -0.15) is 0 Å². The molecule has 29 atom stereocenters. The summed E-state index contributed by atoms with van der Waals surface area (Å²) in [6.45, 7) is 15.5. The van der Waals surface area contributed by atoms with Crippen molar-refractivity contribution >= 4 is 0 Å². The molecule has 13 N–H and O–H groups in total. The molecule has 9 rings (SSSR count). The Morgan fingerprint density at radius 3 is 1.79 bits per heavy atom. The lowest BCUT2D eigenvalue weighted by Crippen LogP contribution is -2.73. The van der Waals surface area contributed by atoms with Crippen molar-refractivity contribution < 1.29 is 104 Å². The lowest BCUT2D eigenvalue weighted by molar-refractivity contribution is -0.370. The van der Waals surface area contributed by atoms with Gasteiger partial charge in [0, 0.05) is 0 Å². The third-order valence-corrected chi connectivity index (χ3v) is 21.2. The van der Waals surface area contributed by atoms with Crippen molar-refractivity contribution in [3.63, 3.8) is 0 Å². The summed E-state index contributed by atoms with van der Waals surface area (Å²) in [6, 6.07) is 0. The molecule has 0 amide bonds. The summed E-state index contributed by atoms with van der Waals surface area (Å²) in [5.41, 5.74) is -3.43. The Hall–Kier alpha value is -0.840. The smallest absolute Gasteiger partial charge is 0.187 e. The van der Waals surface area contributed by atoms with Gasteiger partial charge in [-0.15, -0.1) is 0 Å². The van der Waals surface area contributed by atoms with Crippen LogP contribution in [0.3, 0.4) is 0 Å². The summed E-state index contributed by atoms with van der Waals surface area (Å²) in [6.07, 6.45) is -21.8. The Morgan fingerprint density at radius 1 is 0.542 bits per heavy atom. The van der Waals surface area contributed by atoms with Crippen LogP contribution >= 0.6 is 0 Å². The van der Waals surface area contributed by atoms with Crippen LogP contribution in [0.15, 0.2) is 0 Å². The predicted molar refractivity (Wildman–Crippen MR) is 247 cm³/mol. The highest BCUT2D eigenvalue weighted by atomic mass is 16.8. The summed E-state index contributed by atoms with van der Waals surface area (Å²) in [5, 5.41) is 142. The van der Waals surface area contributed by atoms with Crippen LogP contribution in [0.2, 0.25) is 0 Å². The standard InChI is InChI=1S/C51H86O21/c1-46(2)30(70-45-40(33(58)25(55)19-67-45)72-44-37(62)35(60)34(59)28(17-52)69-44)12-13-48(5)29-11-14-49(6)22-10-9-21(47(3,4)64)31(22)27(16-51(49,8)50(29,7)15-23(53)41(46)48)68-43-38(63)39(26(56)20-66-43)71-42-36(61)32(57)24(54)18-65-42/h21-45,52-64H,9-20H2,1-8H3/t21-,22-,23-,24+,25-,26+,27-,28+,29+,30+,31+,32-,33-,34+,35-,36+,37+,38+,39-,40+,41-,42-,43-,44-,45-,48+,49+,50+,51+/m0/s1. The van der Waals surface area contributed by atoms with E-state index < -0.39 is 157 Å². The van der Waals surface area contributed by atoms with Gasteiger partial charge in [0.15, 0.2) is 25.2 Å². The SMILES string of the molecule is CC(C)(O)[C@H]1CC[C@H]2[C@@H]1[C@@H](O[C@@H]1OC[C@@H](O)[C@H](O[C@@H]3OC[C@@H](O)[C@H](O)[C@H]3O)[C@H]1O)C[C@@]1(C)[C@]3(C)C[C@H](O)[C@H]4C(C)(C)[C@H](O[C@@H]5OC[C@H](O)[C@H](O)[C@H]5O[C@@H]5O[C@H](CO)[C@@H](O)[C@H](O)[C@H]5O)CC[C@]4(C)[C@H]3CC[C@]21C. The number of hydrogen-bond donors (Lipinski definition) is 13. The second kappa shape index (κ2) is 19.8. The summed E-state index contributed by atoms with van der Waals surface area (Å²) < 4.78 is 48.8. The molecule has 4 saturated heterocycles.